The van der Waals surface area contributed by atoms with E-state index in [9.17, 15) is 9.59 Å². The summed E-state index contributed by atoms with van der Waals surface area (Å²) in [4.78, 5) is 25.0. The predicted octanol–water partition coefficient (Wildman–Crippen LogP) is 4.91. The molecule has 1 aliphatic rings. The fraction of sp³-hybridized carbons (Fsp3) is 0.185. The Morgan fingerprint density at radius 3 is 2.42 bits per heavy atom. The van der Waals surface area contributed by atoms with Crippen LogP contribution in [0.2, 0.25) is 0 Å². The Balaban J connectivity index is 1.72. The van der Waals surface area contributed by atoms with Crippen molar-refractivity contribution < 1.29 is 14.3 Å². The minimum absolute atomic E-state index is 0.223. The number of hydrogen-bond acceptors (Lipinski definition) is 5. The number of anilines is 2. The molecule has 0 aliphatic carbocycles. The molecular formula is C27H27N3O3. The molecule has 33 heavy (non-hydrogen) atoms. The van der Waals surface area contributed by atoms with Crippen LogP contribution in [-0.4, -0.2) is 25.5 Å². The molecule has 0 saturated carbocycles. The molecule has 3 aromatic rings. The van der Waals surface area contributed by atoms with E-state index in [1.807, 2.05) is 42.5 Å². The third kappa shape index (κ3) is 4.96. The van der Waals surface area contributed by atoms with Gasteiger partial charge < -0.3 is 20.7 Å². The lowest BCUT2D eigenvalue weighted by molar-refractivity contribution is -0.110. The highest BCUT2D eigenvalue weighted by Gasteiger charge is 2.29. The monoisotopic (exact) mass is 441 g/mol. The number of amides is 1. The van der Waals surface area contributed by atoms with E-state index in [-0.39, 0.29) is 5.91 Å². The van der Waals surface area contributed by atoms with Gasteiger partial charge in [0.1, 0.15) is 0 Å². The Bertz CT molecular complexity index is 1180. The zero-order valence-corrected chi connectivity index (χ0v) is 18.8. The standard InChI is InChI=1S/C27H27N3O3/c1-3-15-28-17-18-9-12-21(13-10-18)29-25(19-7-5-4-6-8-19)24-22-14-11-20(27(32)33-2)16-23(22)30-26(24)31/h4-14,16,28-29H,3,15,17H2,1-2H3,(H,30,31). The number of rotatable bonds is 8. The molecule has 0 fully saturated rings. The van der Waals surface area contributed by atoms with E-state index in [0.717, 1.165) is 36.3 Å². The molecule has 4 rings (SSSR count). The molecule has 1 amide bonds. The molecule has 0 spiro atoms. The van der Waals surface area contributed by atoms with E-state index >= 15 is 0 Å². The molecule has 3 N–H and O–H groups in total. The number of ether oxygens (including phenoxy) is 1. The number of hydrogen-bond donors (Lipinski definition) is 3. The van der Waals surface area contributed by atoms with Crippen molar-refractivity contribution in [2.45, 2.75) is 19.9 Å². The highest BCUT2D eigenvalue weighted by molar-refractivity contribution is 6.37. The van der Waals surface area contributed by atoms with Crippen LogP contribution in [0.25, 0.3) is 11.3 Å². The molecule has 0 unspecified atom stereocenters. The van der Waals surface area contributed by atoms with Gasteiger partial charge in [0.2, 0.25) is 0 Å². The van der Waals surface area contributed by atoms with E-state index in [0.29, 0.717) is 22.5 Å². The van der Waals surface area contributed by atoms with E-state index in [4.69, 9.17) is 4.74 Å². The van der Waals surface area contributed by atoms with Gasteiger partial charge in [0.25, 0.3) is 5.91 Å². The summed E-state index contributed by atoms with van der Waals surface area (Å²) in [5.41, 5.74) is 5.91. The number of benzene rings is 3. The average Bonchev–Trinajstić information content (AvgIpc) is 3.18. The lowest BCUT2D eigenvalue weighted by Crippen LogP contribution is -2.13. The van der Waals surface area contributed by atoms with Crippen molar-refractivity contribution in [3.63, 3.8) is 0 Å². The Labute approximate surface area is 193 Å². The number of carbonyl (C=O) groups is 2. The minimum Gasteiger partial charge on any atom is -0.465 e. The molecule has 6 nitrogen and oxygen atoms in total. The number of methoxy groups -OCH3 is 1. The maximum absolute atomic E-state index is 13.1. The van der Waals surface area contributed by atoms with Gasteiger partial charge in [-0.1, -0.05) is 55.5 Å². The lowest BCUT2D eigenvalue weighted by Gasteiger charge is -2.15. The van der Waals surface area contributed by atoms with E-state index in [2.05, 4.69) is 35.0 Å². The zero-order chi connectivity index (χ0) is 23.2. The van der Waals surface area contributed by atoms with Crippen LogP contribution in [0.15, 0.2) is 72.8 Å². The third-order valence-corrected chi connectivity index (χ3v) is 5.48. The summed E-state index contributed by atoms with van der Waals surface area (Å²) in [7, 11) is 1.34. The van der Waals surface area contributed by atoms with Crippen molar-refractivity contribution >= 4 is 34.5 Å². The van der Waals surface area contributed by atoms with Crippen LogP contribution in [0.3, 0.4) is 0 Å². The number of esters is 1. The summed E-state index contributed by atoms with van der Waals surface area (Å²) in [5.74, 6) is -0.668. The maximum Gasteiger partial charge on any atom is 0.337 e. The molecule has 1 heterocycles. The van der Waals surface area contributed by atoms with Gasteiger partial charge in [-0.2, -0.15) is 0 Å². The van der Waals surface area contributed by atoms with E-state index in [1.165, 1.54) is 12.7 Å². The molecule has 3 aromatic carbocycles. The molecule has 168 valence electrons. The predicted molar refractivity (Wildman–Crippen MR) is 132 cm³/mol. The van der Waals surface area contributed by atoms with Crippen LogP contribution in [-0.2, 0) is 16.1 Å². The van der Waals surface area contributed by atoms with Gasteiger partial charge >= 0.3 is 5.97 Å². The van der Waals surface area contributed by atoms with Crippen molar-refractivity contribution in [2.24, 2.45) is 0 Å². The second kappa shape index (κ2) is 10.1. The molecule has 0 radical (unpaired) electrons. The van der Waals surface area contributed by atoms with Crippen LogP contribution < -0.4 is 16.0 Å². The van der Waals surface area contributed by atoms with Crippen molar-refractivity contribution in [1.29, 1.82) is 0 Å². The van der Waals surface area contributed by atoms with Crippen molar-refractivity contribution in [3.8, 4) is 0 Å². The highest BCUT2D eigenvalue weighted by atomic mass is 16.5. The fourth-order valence-electron chi connectivity index (χ4n) is 3.81. The first-order valence-electron chi connectivity index (χ1n) is 11.0. The first-order chi connectivity index (χ1) is 16.1. The Kier molecular flexibility index (Phi) is 6.86. The highest BCUT2D eigenvalue weighted by Crippen LogP contribution is 2.38. The van der Waals surface area contributed by atoms with Crippen LogP contribution in [0.5, 0.6) is 0 Å². The number of carbonyl (C=O) groups excluding carboxylic acids is 2. The normalized spacial score (nSPS) is 13.8. The Morgan fingerprint density at radius 2 is 1.73 bits per heavy atom. The quantitative estimate of drug-likeness (QED) is 0.263. The molecule has 0 atom stereocenters. The Hall–Kier alpha value is -3.90. The van der Waals surface area contributed by atoms with Crippen molar-refractivity contribution in [2.75, 3.05) is 24.3 Å². The van der Waals surface area contributed by atoms with Crippen LogP contribution in [0.4, 0.5) is 11.4 Å². The molecule has 0 aromatic heterocycles. The van der Waals surface area contributed by atoms with Crippen LogP contribution >= 0.6 is 0 Å². The SMILES string of the molecule is CCCNCc1ccc(NC(=C2C(=O)Nc3cc(C(=O)OC)ccc32)c2ccccc2)cc1. The van der Waals surface area contributed by atoms with Gasteiger partial charge in [-0.3, -0.25) is 4.79 Å². The minimum atomic E-state index is -0.445. The summed E-state index contributed by atoms with van der Waals surface area (Å²) in [6.07, 6.45) is 1.10. The number of nitrogens with one attached hydrogen (secondary N) is 3. The molecule has 1 aliphatic heterocycles. The van der Waals surface area contributed by atoms with Gasteiger partial charge in [-0.15, -0.1) is 0 Å². The molecule has 6 heteroatoms. The summed E-state index contributed by atoms with van der Waals surface area (Å²) >= 11 is 0. The van der Waals surface area contributed by atoms with Gasteiger partial charge in [0, 0.05) is 17.8 Å². The van der Waals surface area contributed by atoms with E-state index < -0.39 is 5.97 Å². The fourth-order valence-corrected chi connectivity index (χ4v) is 3.81. The van der Waals surface area contributed by atoms with Crippen LogP contribution in [0.1, 0.15) is 40.4 Å². The molecule has 0 bridgehead atoms. The van der Waals surface area contributed by atoms with Crippen molar-refractivity contribution in [1.82, 2.24) is 5.32 Å². The topological polar surface area (TPSA) is 79.5 Å². The Morgan fingerprint density at radius 1 is 0.970 bits per heavy atom. The summed E-state index contributed by atoms with van der Waals surface area (Å²) in [5, 5.41) is 9.75. The van der Waals surface area contributed by atoms with Gasteiger partial charge in [0.05, 0.1) is 29.6 Å². The van der Waals surface area contributed by atoms with Crippen LogP contribution in [0, 0.1) is 0 Å². The second-order valence-corrected chi connectivity index (χ2v) is 7.82. The molecule has 0 saturated heterocycles. The van der Waals surface area contributed by atoms with Gasteiger partial charge in [-0.05, 0) is 48.4 Å². The first kappa shape index (κ1) is 22.3. The van der Waals surface area contributed by atoms with E-state index in [1.54, 1.807) is 18.2 Å². The number of fused-ring (bicyclic) bond motifs is 1. The van der Waals surface area contributed by atoms with Gasteiger partial charge in [-0.25, -0.2) is 4.79 Å². The summed E-state index contributed by atoms with van der Waals surface area (Å²) < 4.78 is 4.81. The van der Waals surface area contributed by atoms with Gasteiger partial charge in [0.15, 0.2) is 0 Å². The second-order valence-electron chi connectivity index (χ2n) is 7.82. The zero-order valence-electron chi connectivity index (χ0n) is 18.8. The lowest BCUT2D eigenvalue weighted by atomic mass is 9.99. The third-order valence-electron chi connectivity index (χ3n) is 5.48. The summed E-state index contributed by atoms with van der Waals surface area (Å²) in [6.45, 7) is 3.95. The maximum atomic E-state index is 13.1. The van der Waals surface area contributed by atoms with Crippen molar-refractivity contribution in [3.05, 3.63) is 95.1 Å². The smallest absolute Gasteiger partial charge is 0.337 e. The molecular weight excluding hydrogens is 414 g/mol. The first-order valence-corrected chi connectivity index (χ1v) is 11.0. The largest absolute Gasteiger partial charge is 0.465 e. The average molecular weight is 442 g/mol. The summed E-state index contributed by atoms with van der Waals surface area (Å²) in [6, 6.07) is 23.0.